The fourth-order valence-electron chi connectivity index (χ4n) is 1.71. The third kappa shape index (κ3) is 1.79. The van der Waals surface area contributed by atoms with E-state index < -0.39 is 0 Å². The van der Waals surface area contributed by atoms with Crippen molar-refractivity contribution >= 4 is 23.4 Å². The van der Waals surface area contributed by atoms with Gasteiger partial charge in [-0.3, -0.25) is 4.79 Å². The first-order valence-electron chi connectivity index (χ1n) is 5.08. The lowest BCUT2D eigenvalue weighted by molar-refractivity contribution is -0.115. The van der Waals surface area contributed by atoms with Gasteiger partial charge in [0.05, 0.1) is 18.2 Å². The second-order valence-corrected chi connectivity index (χ2v) is 5.07. The zero-order chi connectivity index (χ0) is 11.7. The molecule has 0 aromatic heterocycles. The van der Waals surface area contributed by atoms with E-state index >= 15 is 0 Å². The molecule has 0 aliphatic carbocycles. The van der Waals surface area contributed by atoms with Crippen LogP contribution in [0.3, 0.4) is 0 Å². The van der Waals surface area contributed by atoms with Gasteiger partial charge in [0.25, 0.3) is 0 Å². The summed E-state index contributed by atoms with van der Waals surface area (Å²) in [5, 5.41) is 11.3. The van der Waals surface area contributed by atoms with Crippen molar-refractivity contribution < 1.29 is 4.79 Å². The van der Waals surface area contributed by atoms with Gasteiger partial charge in [-0.25, -0.2) is 0 Å². The lowest BCUT2D eigenvalue weighted by atomic mass is 10.1. The number of nitrogens with zero attached hydrogens (tertiary/aromatic N) is 1. The van der Waals surface area contributed by atoms with Crippen LogP contribution in [0.5, 0.6) is 0 Å². The van der Waals surface area contributed by atoms with Crippen LogP contribution < -0.4 is 5.32 Å². The molecule has 3 nitrogen and oxygen atoms in total. The van der Waals surface area contributed by atoms with Crippen molar-refractivity contribution in [2.75, 3.05) is 5.32 Å². The average Bonchev–Trinajstić information content (AvgIpc) is 2.26. The van der Waals surface area contributed by atoms with E-state index in [0.717, 1.165) is 21.7 Å². The second-order valence-electron chi connectivity index (χ2n) is 3.86. The number of nitriles is 1. The number of carbonyl (C=O) groups excluding carboxylic acids is 1. The van der Waals surface area contributed by atoms with Crippen LogP contribution in [0.2, 0.25) is 0 Å². The van der Waals surface area contributed by atoms with Crippen LogP contribution in [0.4, 0.5) is 5.69 Å². The zero-order valence-electron chi connectivity index (χ0n) is 9.20. The highest BCUT2D eigenvalue weighted by Crippen LogP contribution is 2.40. The van der Waals surface area contributed by atoms with Crippen LogP contribution in [-0.2, 0) is 4.79 Å². The monoisotopic (exact) mass is 232 g/mol. The molecule has 1 aromatic rings. The molecule has 2 rings (SSSR count). The summed E-state index contributed by atoms with van der Waals surface area (Å²) in [6.07, 6.45) is 0.253. The smallest absolute Gasteiger partial charge is 0.238 e. The number of benzene rings is 1. The first-order chi connectivity index (χ1) is 7.63. The lowest BCUT2D eigenvalue weighted by Crippen LogP contribution is -2.29. The van der Waals surface area contributed by atoms with Gasteiger partial charge in [0.15, 0.2) is 0 Å². The standard InChI is InChI=1S/C12H12N2OS/c1-7-3-4-8(2)11-10(7)14-12(15)9(16-11)5-6-13/h3-4,9H,5H2,1-2H3,(H,14,15). The van der Waals surface area contributed by atoms with Gasteiger partial charge >= 0.3 is 0 Å². The lowest BCUT2D eigenvalue weighted by Gasteiger charge is -2.25. The number of amides is 1. The molecule has 4 heteroatoms. The molecule has 1 amide bonds. The fourth-order valence-corrected chi connectivity index (χ4v) is 2.90. The van der Waals surface area contributed by atoms with Gasteiger partial charge in [0, 0.05) is 4.90 Å². The third-order valence-corrected chi connectivity index (χ3v) is 4.07. The molecule has 0 fully saturated rings. The zero-order valence-corrected chi connectivity index (χ0v) is 10.0. The topological polar surface area (TPSA) is 52.9 Å². The molecule has 1 unspecified atom stereocenters. The van der Waals surface area contributed by atoms with Crippen LogP contribution in [0, 0.1) is 25.2 Å². The van der Waals surface area contributed by atoms with E-state index in [-0.39, 0.29) is 17.6 Å². The van der Waals surface area contributed by atoms with Crippen molar-refractivity contribution in [3.8, 4) is 6.07 Å². The van der Waals surface area contributed by atoms with E-state index in [9.17, 15) is 4.79 Å². The molecule has 0 bridgehead atoms. The molecule has 1 aromatic carbocycles. The highest BCUT2D eigenvalue weighted by molar-refractivity contribution is 8.01. The summed E-state index contributed by atoms with van der Waals surface area (Å²) in [4.78, 5) is 12.8. The Morgan fingerprint density at radius 3 is 2.81 bits per heavy atom. The number of thioether (sulfide) groups is 1. The van der Waals surface area contributed by atoms with Crippen LogP contribution in [0.1, 0.15) is 17.5 Å². The van der Waals surface area contributed by atoms with Gasteiger partial charge < -0.3 is 5.32 Å². The quantitative estimate of drug-likeness (QED) is 0.809. The molecule has 1 atom stereocenters. The van der Waals surface area contributed by atoms with Crippen LogP contribution >= 0.6 is 11.8 Å². The van der Waals surface area contributed by atoms with Gasteiger partial charge in [-0.2, -0.15) is 5.26 Å². The highest BCUT2D eigenvalue weighted by Gasteiger charge is 2.28. The van der Waals surface area contributed by atoms with E-state index in [1.165, 1.54) is 11.8 Å². The Kier molecular flexibility index (Phi) is 2.88. The van der Waals surface area contributed by atoms with E-state index in [1.807, 2.05) is 26.0 Å². The second kappa shape index (κ2) is 4.18. The van der Waals surface area contributed by atoms with Crippen molar-refractivity contribution in [3.05, 3.63) is 23.3 Å². The predicted molar refractivity (Wildman–Crippen MR) is 64.4 cm³/mol. The SMILES string of the molecule is Cc1ccc(C)c2c1NC(=O)C(CC#N)S2. The number of aryl methyl sites for hydroxylation is 2. The maximum atomic E-state index is 11.7. The van der Waals surface area contributed by atoms with Crippen molar-refractivity contribution in [3.63, 3.8) is 0 Å². The summed E-state index contributed by atoms with van der Waals surface area (Å²) in [6, 6.07) is 6.09. The molecule has 0 spiro atoms. The number of anilines is 1. The Hall–Kier alpha value is -1.47. The molecule has 0 radical (unpaired) electrons. The first-order valence-corrected chi connectivity index (χ1v) is 5.96. The summed E-state index contributed by atoms with van der Waals surface area (Å²) in [7, 11) is 0. The van der Waals surface area contributed by atoms with E-state index in [1.54, 1.807) is 0 Å². The van der Waals surface area contributed by atoms with Crippen molar-refractivity contribution in [1.29, 1.82) is 5.26 Å². The molecule has 82 valence electrons. The number of fused-ring (bicyclic) bond motifs is 1. The van der Waals surface area contributed by atoms with Gasteiger partial charge in [-0.15, -0.1) is 11.8 Å². The number of carbonyl (C=O) groups is 1. The number of nitrogens with one attached hydrogen (secondary N) is 1. The Balaban J connectivity index is 2.43. The van der Waals surface area contributed by atoms with Crippen molar-refractivity contribution in [2.45, 2.75) is 30.4 Å². The number of hydrogen-bond donors (Lipinski definition) is 1. The van der Waals surface area contributed by atoms with Gasteiger partial charge in [-0.1, -0.05) is 12.1 Å². The molecule has 1 aliphatic rings. The maximum absolute atomic E-state index is 11.7. The Morgan fingerprint density at radius 1 is 1.44 bits per heavy atom. The molecule has 0 saturated carbocycles. The van der Waals surface area contributed by atoms with Crippen molar-refractivity contribution in [2.24, 2.45) is 0 Å². The third-order valence-electron chi connectivity index (χ3n) is 2.64. The molecule has 16 heavy (non-hydrogen) atoms. The Morgan fingerprint density at radius 2 is 2.12 bits per heavy atom. The molecular formula is C12H12N2OS. The molecule has 0 saturated heterocycles. The summed E-state index contributed by atoms with van der Waals surface area (Å²) >= 11 is 1.50. The molecule has 1 aliphatic heterocycles. The summed E-state index contributed by atoms with van der Waals surface area (Å²) in [6.45, 7) is 4.00. The average molecular weight is 232 g/mol. The van der Waals surface area contributed by atoms with Crippen molar-refractivity contribution in [1.82, 2.24) is 0 Å². The van der Waals surface area contributed by atoms with E-state index in [2.05, 4.69) is 11.4 Å². The number of rotatable bonds is 1. The first kappa shape index (κ1) is 11.0. The Bertz CT molecular complexity index is 491. The minimum absolute atomic E-state index is 0.0623. The summed E-state index contributed by atoms with van der Waals surface area (Å²) in [5.41, 5.74) is 3.12. The van der Waals surface area contributed by atoms with Gasteiger partial charge in [0.2, 0.25) is 5.91 Å². The van der Waals surface area contributed by atoms with E-state index in [0.29, 0.717) is 0 Å². The number of hydrogen-bond acceptors (Lipinski definition) is 3. The van der Waals surface area contributed by atoms with Gasteiger partial charge in [0.1, 0.15) is 5.25 Å². The summed E-state index contributed by atoms with van der Waals surface area (Å²) < 4.78 is 0. The summed E-state index contributed by atoms with van der Waals surface area (Å²) in [5.74, 6) is -0.0623. The van der Waals surface area contributed by atoms with Crippen LogP contribution in [-0.4, -0.2) is 11.2 Å². The largest absolute Gasteiger partial charge is 0.324 e. The predicted octanol–water partition coefficient (Wildman–Crippen LogP) is 2.63. The van der Waals surface area contributed by atoms with Crippen LogP contribution in [0.15, 0.2) is 17.0 Å². The van der Waals surface area contributed by atoms with Gasteiger partial charge in [-0.05, 0) is 25.0 Å². The van der Waals surface area contributed by atoms with E-state index in [4.69, 9.17) is 5.26 Å². The molecule has 1 N–H and O–H groups in total. The Labute approximate surface area is 98.8 Å². The minimum atomic E-state index is -0.280. The maximum Gasteiger partial charge on any atom is 0.238 e. The molecular weight excluding hydrogens is 220 g/mol. The normalized spacial score (nSPS) is 18.6. The molecule has 1 heterocycles. The highest BCUT2D eigenvalue weighted by atomic mass is 32.2. The minimum Gasteiger partial charge on any atom is -0.324 e. The fraction of sp³-hybridized carbons (Fsp3) is 0.333. The van der Waals surface area contributed by atoms with Crippen LogP contribution in [0.25, 0.3) is 0 Å².